The first-order valence-electron chi connectivity index (χ1n) is 4.73. The van der Waals surface area contributed by atoms with E-state index in [2.05, 4.69) is 11.4 Å². The Kier molecular flexibility index (Phi) is 3.29. The fourth-order valence-electron chi connectivity index (χ4n) is 1.79. The highest BCUT2D eigenvalue weighted by Crippen LogP contribution is 2.26. The van der Waals surface area contributed by atoms with Gasteiger partial charge in [0.2, 0.25) is 0 Å². The van der Waals surface area contributed by atoms with Gasteiger partial charge in [-0.15, -0.1) is 0 Å². The van der Waals surface area contributed by atoms with Gasteiger partial charge in [-0.3, -0.25) is 0 Å². The van der Waals surface area contributed by atoms with Gasteiger partial charge in [0.25, 0.3) is 0 Å². The van der Waals surface area contributed by atoms with Crippen molar-refractivity contribution in [3.05, 3.63) is 11.6 Å². The zero-order chi connectivity index (χ0) is 9.03. The predicted molar refractivity (Wildman–Crippen MR) is 51.1 cm³/mol. The zero-order valence-electron chi connectivity index (χ0n) is 8.06. The Hall–Kier alpha value is -0.340. The SMILES string of the molecule is CNCC(C)(O)C1=CCCCC1. The van der Waals surface area contributed by atoms with Crippen LogP contribution in [0.5, 0.6) is 0 Å². The minimum atomic E-state index is -0.630. The lowest BCUT2D eigenvalue weighted by molar-refractivity contribution is 0.0942. The molecule has 1 rings (SSSR count). The first kappa shape index (κ1) is 9.75. The van der Waals surface area contributed by atoms with Crippen LogP contribution in [0.3, 0.4) is 0 Å². The number of rotatable bonds is 3. The molecule has 12 heavy (non-hydrogen) atoms. The summed E-state index contributed by atoms with van der Waals surface area (Å²) in [5, 5.41) is 13.0. The minimum Gasteiger partial charge on any atom is -0.384 e. The van der Waals surface area contributed by atoms with E-state index in [1.54, 1.807) is 0 Å². The highest BCUT2D eigenvalue weighted by molar-refractivity contribution is 5.17. The third-order valence-electron chi connectivity index (χ3n) is 2.50. The maximum absolute atomic E-state index is 10.0. The molecule has 0 bridgehead atoms. The highest BCUT2D eigenvalue weighted by Gasteiger charge is 2.25. The number of nitrogens with one attached hydrogen (secondary N) is 1. The lowest BCUT2D eigenvalue weighted by Crippen LogP contribution is -2.38. The van der Waals surface area contributed by atoms with Crippen LogP contribution >= 0.6 is 0 Å². The van der Waals surface area contributed by atoms with Crippen LogP contribution in [0, 0.1) is 0 Å². The van der Waals surface area contributed by atoms with Crippen molar-refractivity contribution >= 4 is 0 Å². The minimum absolute atomic E-state index is 0.630. The van der Waals surface area contributed by atoms with Crippen molar-refractivity contribution in [1.82, 2.24) is 5.32 Å². The van der Waals surface area contributed by atoms with E-state index in [1.165, 1.54) is 18.4 Å². The Morgan fingerprint density at radius 2 is 2.33 bits per heavy atom. The quantitative estimate of drug-likeness (QED) is 0.627. The molecule has 0 amide bonds. The Morgan fingerprint density at radius 1 is 1.58 bits per heavy atom. The van der Waals surface area contributed by atoms with E-state index in [0.29, 0.717) is 6.54 Å². The summed E-state index contributed by atoms with van der Waals surface area (Å²) in [5.41, 5.74) is 0.581. The Balaban J connectivity index is 2.59. The summed E-state index contributed by atoms with van der Waals surface area (Å²) in [4.78, 5) is 0. The lowest BCUT2D eigenvalue weighted by atomic mass is 9.87. The van der Waals surface area contributed by atoms with Crippen LogP contribution in [0.25, 0.3) is 0 Å². The van der Waals surface area contributed by atoms with E-state index in [4.69, 9.17) is 0 Å². The molecule has 0 aromatic heterocycles. The second kappa shape index (κ2) is 4.06. The molecule has 0 heterocycles. The molecule has 70 valence electrons. The van der Waals surface area contributed by atoms with Crippen LogP contribution in [0.15, 0.2) is 11.6 Å². The summed E-state index contributed by atoms with van der Waals surface area (Å²) in [6.07, 6.45) is 6.90. The molecular formula is C10H19NO. The lowest BCUT2D eigenvalue weighted by Gasteiger charge is -2.28. The Labute approximate surface area is 74.7 Å². The Bertz CT molecular complexity index is 173. The van der Waals surface area contributed by atoms with Gasteiger partial charge in [-0.2, -0.15) is 0 Å². The van der Waals surface area contributed by atoms with E-state index in [-0.39, 0.29) is 0 Å². The largest absolute Gasteiger partial charge is 0.384 e. The van der Waals surface area contributed by atoms with E-state index in [0.717, 1.165) is 12.8 Å². The number of aliphatic hydroxyl groups is 1. The summed E-state index contributed by atoms with van der Waals surface area (Å²) in [6, 6.07) is 0. The standard InChI is InChI=1S/C10H19NO/c1-10(12,8-11-2)9-6-4-3-5-7-9/h6,11-12H,3-5,7-8H2,1-2H3. The molecule has 0 fully saturated rings. The second-order valence-corrected chi connectivity index (χ2v) is 3.78. The predicted octanol–water partition coefficient (Wildman–Crippen LogP) is 1.46. The molecule has 1 atom stereocenters. The molecule has 2 heteroatoms. The summed E-state index contributed by atoms with van der Waals surface area (Å²) in [7, 11) is 1.87. The van der Waals surface area contributed by atoms with Crippen molar-refractivity contribution in [2.24, 2.45) is 0 Å². The van der Waals surface area contributed by atoms with Crippen molar-refractivity contribution < 1.29 is 5.11 Å². The fraction of sp³-hybridized carbons (Fsp3) is 0.800. The first-order valence-corrected chi connectivity index (χ1v) is 4.73. The van der Waals surface area contributed by atoms with Gasteiger partial charge < -0.3 is 10.4 Å². The van der Waals surface area contributed by atoms with Crippen molar-refractivity contribution in [3.63, 3.8) is 0 Å². The fourth-order valence-corrected chi connectivity index (χ4v) is 1.79. The van der Waals surface area contributed by atoms with Crippen molar-refractivity contribution in [2.75, 3.05) is 13.6 Å². The van der Waals surface area contributed by atoms with Crippen LogP contribution in [-0.2, 0) is 0 Å². The molecule has 1 aliphatic carbocycles. The third-order valence-corrected chi connectivity index (χ3v) is 2.50. The molecule has 0 spiro atoms. The van der Waals surface area contributed by atoms with Crippen LogP contribution < -0.4 is 5.32 Å². The molecule has 1 aliphatic rings. The zero-order valence-corrected chi connectivity index (χ0v) is 8.06. The molecule has 0 aromatic rings. The third kappa shape index (κ3) is 2.32. The van der Waals surface area contributed by atoms with Gasteiger partial charge in [0.05, 0.1) is 5.60 Å². The van der Waals surface area contributed by atoms with Gasteiger partial charge in [-0.05, 0) is 45.2 Å². The van der Waals surface area contributed by atoms with Gasteiger partial charge in [0.15, 0.2) is 0 Å². The molecule has 0 radical (unpaired) electrons. The average molecular weight is 169 g/mol. The van der Waals surface area contributed by atoms with Crippen LogP contribution in [0.1, 0.15) is 32.6 Å². The highest BCUT2D eigenvalue weighted by atomic mass is 16.3. The second-order valence-electron chi connectivity index (χ2n) is 3.78. The molecule has 0 aliphatic heterocycles. The van der Waals surface area contributed by atoms with Crippen LogP contribution in [0.2, 0.25) is 0 Å². The van der Waals surface area contributed by atoms with Crippen molar-refractivity contribution in [1.29, 1.82) is 0 Å². The van der Waals surface area contributed by atoms with E-state index in [1.807, 2.05) is 14.0 Å². The maximum Gasteiger partial charge on any atom is 0.0952 e. The molecular weight excluding hydrogens is 150 g/mol. The van der Waals surface area contributed by atoms with E-state index >= 15 is 0 Å². The maximum atomic E-state index is 10.0. The summed E-state index contributed by atoms with van der Waals surface area (Å²) < 4.78 is 0. The number of likely N-dealkylation sites (N-methyl/N-ethyl adjacent to an activating group) is 1. The Morgan fingerprint density at radius 3 is 2.83 bits per heavy atom. The molecule has 0 aromatic carbocycles. The van der Waals surface area contributed by atoms with Crippen LogP contribution in [-0.4, -0.2) is 24.3 Å². The molecule has 2 nitrogen and oxygen atoms in total. The van der Waals surface area contributed by atoms with Gasteiger partial charge >= 0.3 is 0 Å². The number of hydrogen-bond donors (Lipinski definition) is 2. The molecule has 1 unspecified atom stereocenters. The molecule has 2 N–H and O–H groups in total. The average Bonchev–Trinajstić information content (AvgIpc) is 2.06. The van der Waals surface area contributed by atoms with Crippen molar-refractivity contribution in [2.45, 2.75) is 38.2 Å². The van der Waals surface area contributed by atoms with E-state index in [9.17, 15) is 5.11 Å². The monoisotopic (exact) mass is 169 g/mol. The summed E-state index contributed by atoms with van der Waals surface area (Å²) >= 11 is 0. The molecule has 0 saturated carbocycles. The van der Waals surface area contributed by atoms with Crippen LogP contribution in [0.4, 0.5) is 0 Å². The van der Waals surface area contributed by atoms with Crippen molar-refractivity contribution in [3.8, 4) is 0 Å². The molecule has 0 saturated heterocycles. The van der Waals surface area contributed by atoms with Gasteiger partial charge in [-0.25, -0.2) is 0 Å². The smallest absolute Gasteiger partial charge is 0.0952 e. The summed E-state index contributed by atoms with van der Waals surface area (Å²) in [6.45, 7) is 2.54. The number of allylic oxidation sites excluding steroid dienone is 1. The normalized spacial score (nSPS) is 23.1. The van der Waals surface area contributed by atoms with E-state index < -0.39 is 5.60 Å². The van der Waals surface area contributed by atoms with Gasteiger partial charge in [0.1, 0.15) is 0 Å². The summed E-state index contributed by atoms with van der Waals surface area (Å²) in [5.74, 6) is 0. The topological polar surface area (TPSA) is 32.3 Å². The first-order chi connectivity index (χ1) is 5.67. The van der Waals surface area contributed by atoms with Gasteiger partial charge in [0, 0.05) is 6.54 Å². The van der Waals surface area contributed by atoms with Gasteiger partial charge in [-0.1, -0.05) is 6.08 Å². The number of hydrogen-bond acceptors (Lipinski definition) is 2.